The van der Waals surface area contributed by atoms with Gasteiger partial charge in [-0.2, -0.15) is 0 Å². The van der Waals surface area contributed by atoms with Crippen LogP contribution in [0.3, 0.4) is 0 Å². The van der Waals surface area contributed by atoms with Gasteiger partial charge in [-0.05, 0) is 17.5 Å². The third kappa shape index (κ3) is 2.78. The first kappa shape index (κ1) is 13.7. The zero-order chi connectivity index (χ0) is 14.8. The molecule has 0 aliphatic rings. The second kappa shape index (κ2) is 5.61. The van der Waals surface area contributed by atoms with E-state index >= 15 is 0 Å². The van der Waals surface area contributed by atoms with Crippen molar-refractivity contribution in [3.05, 3.63) is 48.1 Å². The third-order valence-corrected chi connectivity index (χ3v) is 3.23. The smallest absolute Gasteiger partial charge is 0.248 e. The molecule has 1 heterocycles. The van der Waals surface area contributed by atoms with Gasteiger partial charge in [-0.25, -0.2) is 4.39 Å². The summed E-state index contributed by atoms with van der Waals surface area (Å²) in [6, 6.07) is 10.7. The number of halogens is 1. The average Bonchev–Trinajstić information content (AvgIpc) is 2.94. The van der Waals surface area contributed by atoms with Crippen LogP contribution in [0.25, 0.3) is 22.2 Å². The minimum Gasteiger partial charge on any atom is -0.419 e. The summed E-state index contributed by atoms with van der Waals surface area (Å²) >= 11 is 0. The van der Waals surface area contributed by atoms with Crippen LogP contribution in [0, 0.1) is 5.82 Å². The standard InChI is InChI=1S/C16H16FN3O/c1-10(2)18-9-15-19-20-16(21-15)13-7-8-14(17)12-6-4-3-5-11(12)13/h3-8,10,18H,9H2,1-2H3. The van der Waals surface area contributed by atoms with Crippen molar-refractivity contribution in [2.75, 3.05) is 0 Å². The van der Waals surface area contributed by atoms with Crippen LogP contribution < -0.4 is 5.32 Å². The molecule has 0 radical (unpaired) electrons. The van der Waals surface area contributed by atoms with Crippen molar-refractivity contribution in [3.63, 3.8) is 0 Å². The maximum absolute atomic E-state index is 13.8. The van der Waals surface area contributed by atoms with Gasteiger partial charge in [-0.1, -0.05) is 38.1 Å². The van der Waals surface area contributed by atoms with Gasteiger partial charge in [0, 0.05) is 17.0 Å². The fraction of sp³-hybridized carbons (Fsp3) is 0.250. The Morgan fingerprint density at radius 3 is 2.62 bits per heavy atom. The first-order chi connectivity index (χ1) is 10.1. The van der Waals surface area contributed by atoms with Gasteiger partial charge in [0.1, 0.15) is 5.82 Å². The monoisotopic (exact) mass is 285 g/mol. The van der Waals surface area contributed by atoms with E-state index in [1.165, 1.54) is 6.07 Å². The molecule has 1 aromatic heterocycles. The molecule has 0 aliphatic carbocycles. The topological polar surface area (TPSA) is 51.0 Å². The van der Waals surface area contributed by atoms with E-state index in [0.717, 1.165) is 10.9 Å². The molecule has 0 unspecified atom stereocenters. The molecule has 4 nitrogen and oxygen atoms in total. The van der Waals surface area contributed by atoms with Crippen LogP contribution in [-0.2, 0) is 6.54 Å². The van der Waals surface area contributed by atoms with E-state index in [0.29, 0.717) is 29.8 Å². The molecule has 5 heteroatoms. The summed E-state index contributed by atoms with van der Waals surface area (Å²) in [5.74, 6) is 0.675. The van der Waals surface area contributed by atoms with Crippen LogP contribution in [0.15, 0.2) is 40.8 Å². The average molecular weight is 285 g/mol. The predicted octanol–water partition coefficient (Wildman–Crippen LogP) is 3.53. The molecular weight excluding hydrogens is 269 g/mol. The van der Waals surface area contributed by atoms with Crippen molar-refractivity contribution >= 4 is 10.8 Å². The Bertz CT molecular complexity index is 767. The number of nitrogens with one attached hydrogen (secondary N) is 1. The molecular formula is C16H16FN3O. The van der Waals surface area contributed by atoms with Crippen molar-refractivity contribution in [3.8, 4) is 11.5 Å². The van der Waals surface area contributed by atoms with Gasteiger partial charge in [-0.3, -0.25) is 0 Å². The number of fused-ring (bicyclic) bond motifs is 1. The molecule has 0 saturated carbocycles. The largest absolute Gasteiger partial charge is 0.419 e. The Labute approximate surface area is 122 Å². The van der Waals surface area contributed by atoms with Crippen LogP contribution in [0.4, 0.5) is 4.39 Å². The molecule has 0 aliphatic heterocycles. The van der Waals surface area contributed by atoms with Gasteiger partial charge in [0.15, 0.2) is 0 Å². The summed E-state index contributed by atoms with van der Waals surface area (Å²) in [6.07, 6.45) is 0. The SMILES string of the molecule is CC(C)NCc1nnc(-c2ccc(F)c3ccccc23)o1. The highest BCUT2D eigenvalue weighted by Gasteiger charge is 2.13. The number of hydrogen-bond acceptors (Lipinski definition) is 4. The van der Waals surface area contributed by atoms with E-state index < -0.39 is 0 Å². The lowest BCUT2D eigenvalue weighted by Gasteiger charge is -2.04. The lowest BCUT2D eigenvalue weighted by atomic mass is 10.0. The molecule has 108 valence electrons. The van der Waals surface area contributed by atoms with Gasteiger partial charge in [0.25, 0.3) is 0 Å². The van der Waals surface area contributed by atoms with E-state index in [1.807, 2.05) is 26.0 Å². The van der Waals surface area contributed by atoms with E-state index in [4.69, 9.17) is 4.42 Å². The Kier molecular flexibility index (Phi) is 3.66. The van der Waals surface area contributed by atoms with Gasteiger partial charge in [-0.15, -0.1) is 10.2 Å². The zero-order valence-corrected chi connectivity index (χ0v) is 11.9. The molecule has 0 amide bonds. The van der Waals surface area contributed by atoms with Crippen LogP contribution in [0.2, 0.25) is 0 Å². The van der Waals surface area contributed by atoms with Crippen molar-refractivity contribution < 1.29 is 8.81 Å². The van der Waals surface area contributed by atoms with Gasteiger partial charge in [0.2, 0.25) is 11.8 Å². The highest BCUT2D eigenvalue weighted by atomic mass is 19.1. The summed E-state index contributed by atoms with van der Waals surface area (Å²) in [6.45, 7) is 4.61. The molecule has 2 aromatic carbocycles. The molecule has 3 rings (SSSR count). The van der Waals surface area contributed by atoms with Crippen LogP contribution in [-0.4, -0.2) is 16.2 Å². The van der Waals surface area contributed by atoms with Crippen LogP contribution in [0.1, 0.15) is 19.7 Å². The van der Waals surface area contributed by atoms with E-state index in [2.05, 4.69) is 15.5 Å². The van der Waals surface area contributed by atoms with Gasteiger partial charge >= 0.3 is 0 Å². The van der Waals surface area contributed by atoms with Crippen LogP contribution in [0.5, 0.6) is 0 Å². The molecule has 0 spiro atoms. The molecule has 0 fully saturated rings. The maximum atomic E-state index is 13.8. The van der Waals surface area contributed by atoms with E-state index in [1.54, 1.807) is 18.2 Å². The Balaban J connectivity index is 1.99. The second-order valence-electron chi connectivity index (χ2n) is 5.18. The Morgan fingerprint density at radius 1 is 1.10 bits per heavy atom. The lowest BCUT2D eigenvalue weighted by molar-refractivity contribution is 0.459. The minimum absolute atomic E-state index is 0.254. The highest BCUT2D eigenvalue weighted by molar-refractivity contribution is 5.95. The predicted molar refractivity (Wildman–Crippen MR) is 79.2 cm³/mol. The molecule has 21 heavy (non-hydrogen) atoms. The first-order valence-corrected chi connectivity index (χ1v) is 6.88. The van der Waals surface area contributed by atoms with Crippen molar-refractivity contribution in [2.24, 2.45) is 0 Å². The maximum Gasteiger partial charge on any atom is 0.248 e. The molecule has 0 saturated heterocycles. The quantitative estimate of drug-likeness (QED) is 0.796. The fourth-order valence-electron chi connectivity index (χ4n) is 2.17. The molecule has 0 atom stereocenters. The summed E-state index contributed by atoms with van der Waals surface area (Å²) in [4.78, 5) is 0. The lowest BCUT2D eigenvalue weighted by Crippen LogP contribution is -2.21. The normalized spacial score (nSPS) is 11.4. The van der Waals surface area contributed by atoms with E-state index in [9.17, 15) is 4.39 Å². The zero-order valence-electron chi connectivity index (χ0n) is 11.9. The number of hydrogen-bond donors (Lipinski definition) is 1. The van der Waals surface area contributed by atoms with Crippen molar-refractivity contribution in [2.45, 2.75) is 26.4 Å². The first-order valence-electron chi connectivity index (χ1n) is 6.88. The Hall–Kier alpha value is -2.27. The number of nitrogens with zero attached hydrogens (tertiary/aromatic N) is 2. The number of aromatic nitrogens is 2. The van der Waals surface area contributed by atoms with Crippen molar-refractivity contribution in [1.29, 1.82) is 0 Å². The molecule has 1 N–H and O–H groups in total. The summed E-state index contributed by atoms with van der Waals surface area (Å²) < 4.78 is 19.5. The highest BCUT2D eigenvalue weighted by Crippen LogP contribution is 2.29. The minimum atomic E-state index is -0.254. The summed E-state index contributed by atoms with van der Waals surface area (Å²) in [5.41, 5.74) is 0.746. The molecule has 3 aromatic rings. The number of rotatable bonds is 4. The van der Waals surface area contributed by atoms with Gasteiger partial charge < -0.3 is 9.73 Å². The fourth-order valence-corrected chi connectivity index (χ4v) is 2.17. The third-order valence-electron chi connectivity index (χ3n) is 3.23. The van der Waals surface area contributed by atoms with Crippen LogP contribution >= 0.6 is 0 Å². The van der Waals surface area contributed by atoms with E-state index in [-0.39, 0.29) is 5.82 Å². The summed E-state index contributed by atoms with van der Waals surface area (Å²) in [7, 11) is 0. The second-order valence-corrected chi connectivity index (χ2v) is 5.18. The van der Waals surface area contributed by atoms with Crippen molar-refractivity contribution in [1.82, 2.24) is 15.5 Å². The summed E-state index contributed by atoms with van der Waals surface area (Å²) in [5, 5.41) is 12.6. The Morgan fingerprint density at radius 2 is 1.86 bits per heavy atom. The molecule has 0 bridgehead atoms. The van der Waals surface area contributed by atoms with Gasteiger partial charge in [0.05, 0.1) is 6.54 Å². The number of benzene rings is 2.